The average molecular weight is 391 g/mol. The monoisotopic (exact) mass is 390 g/mol. The quantitative estimate of drug-likeness (QED) is 0.565. The zero-order valence-electron chi connectivity index (χ0n) is 15.8. The number of imide groups is 1. The molecule has 3 atom stereocenters. The Morgan fingerprint density at radius 3 is 2.46 bits per heavy atom. The van der Waals surface area contributed by atoms with Crippen molar-refractivity contribution in [3.63, 3.8) is 0 Å². The van der Waals surface area contributed by atoms with Gasteiger partial charge in [0.05, 0.1) is 5.69 Å². The van der Waals surface area contributed by atoms with Gasteiger partial charge < -0.3 is 4.90 Å². The van der Waals surface area contributed by atoms with Gasteiger partial charge in [0.2, 0.25) is 11.8 Å². The van der Waals surface area contributed by atoms with Crippen LogP contribution < -0.4 is 4.90 Å². The molecular formula is C20H26N2O2S2. The van der Waals surface area contributed by atoms with Crippen molar-refractivity contribution in [3.8, 4) is 0 Å². The van der Waals surface area contributed by atoms with Gasteiger partial charge in [0.1, 0.15) is 9.57 Å². The van der Waals surface area contributed by atoms with E-state index in [0.29, 0.717) is 17.5 Å². The first-order valence-corrected chi connectivity index (χ1v) is 10.4. The van der Waals surface area contributed by atoms with Crippen molar-refractivity contribution in [2.24, 2.45) is 11.8 Å². The largest absolute Gasteiger partial charge is 0.357 e. The molecule has 0 saturated carbocycles. The van der Waals surface area contributed by atoms with Crippen molar-refractivity contribution < 1.29 is 9.59 Å². The molecule has 4 nitrogen and oxygen atoms in total. The van der Waals surface area contributed by atoms with E-state index >= 15 is 0 Å². The molecule has 0 aliphatic carbocycles. The summed E-state index contributed by atoms with van der Waals surface area (Å²) >= 11 is 7.00. The van der Waals surface area contributed by atoms with Crippen molar-refractivity contribution >= 4 is 45.8 Å². The summed E-state index contributed by atoms with van der Waals surface area (Å²) in [5, 5.41) is -0.414. The molecule has 0 radical (unpaired) electrons. The maximum absolute atomic E-state index is 12.9. The Morgan fingerprint density at radius 1 is 1.15 bits per heavy atom. The van der Waals surface area contributed by atoms with E-state index in [4.69, 9.17) is 12.2 Å². The van der Waals surface area contributed by atoms with Gasteiger partial charge in [-0.25, -0.2) is 4.90 Å². The summed E-state index contributed by atoms with van der Waals surface area (Å²) in [6.07, 6.45) is 1.43. The van der Waals surface area contributed by atoms with E-state index in [1.807, 2.05) is 32.0 Å². The van der Waals surface area contributed by atoms with E-state index in [1.165, 1.54) is 23.1 Å². The molecule has 2 aliphatic heterocycles. The minimum Gasteiger partial charge on any atom is -0.357 e. The SMILES string of the molecule is Cc1cccc(N2C(=O)CC(SC(=S)N3CC(C)CC(C)C3)C2=O)c1C. The normalized spacial score (nSPS) is 26.5. The highest BCUT2D eigenvalue weighted by Crippen LogP contribution is 2.34. The molecule has 2 aliphatic rings. The lowest BCUT2D eigenvalue weighted by Crippen LogP contribution is -2.41. The number of hydrogen-bond donors (Lipinski definition) is 0. The third-order valence-electron chi connectivity index (χ3n) is 5.29. The number of amides is 2. The lowest BCUT2D eigenvalue weighted by Gasteiger charge is -2.36. The summed E-state index contributed by atoms with van der Waals surface area (Å²) in [7, 11) is 0. The number of nitrogens with zero attached hydrogens (tertiary/aromatic N) is 2. The Hall–Kier alpha value is -1.40. The number of hydrogen-bond acceptors (Lipinski definition) is 4. The van der Waals surface area contributed by atoms with Crippen LogP contribution in [0.3, 0.4) is 0 Å². The number of likely N-dealkylation sites (tertiary alicyclic amines) is 1. The molecule has 1 aromatic rings. The Bertz CT molecular complexity index is 739. The molecule has 26 heavy (non-hydrogen) atoms. The molecule has 0 N–H and O–H groups in total. The third kappa shape index (κ3) is 3.81. The molecule has 2 heterocycles. The first-order chi connectivity index (χ1) is 12.3. The molecule has 2 saturated heterocycles. The van der Waals surface area contributed by atoms with Gasteiger partial charge in [-0.1, -0.05) is 50.0 Å². The number of thioether (sulfide) groups is 1. The van der Waals surface area contributed by atoms with E-state index in [-0.39, 0.29) is 18.2 Å². The highest BCUT2D eigenvalue weighted by atomic mass is 32.2. The van der Waals surface area contributed by atoms with Crippen LogP contribution >= 0.6 is 24.0 Å². The molecule has 0 bridgehead atoms. The maximum Gasteiger partial charge on any atom is 0.247 e. The molecule has 1 aromatic carbocycles. The van der Waals surface area contributed by atoms with Crippen LogP contribution in [0.25, 0.3) is 0 Å². The Morgan fingerprint density at radius 2 is 1.81 bits per heavy atom. The molecule has 0 spiro atoms. The number of carbonyl (C=O) groups is 2. The van der Waals surface area contributed by atoms with Gasteiger partial charge in [0.25, 0.3) is 0 Å². The smallest absolute Gasteiger partial charge is 0.247 e. The molecule has 6 heteroatoms. The number of carbonyl (C=O) groups excluding carboxylic acids is 2. The molecular weight excluding hydrogens is 364 g/mol. The Balaban J connectivity index is 1.73. The zero-order valence-corrected chi connectivity index (χ0v) is 17.5. The number of rotatable bonds is 2. The van der Waals surface area contributed by atoms with Crippen LogP contribution in [0, 0.1) is 25.7 Å². The van der Waals surface area contributed by atoms with Gasteiger partial charge >= 0.3 is 0 Å². The standard InChI is InChI=1S/C20H26N2O2S2/c1-12-8-13(2)11-21(10-12)20(25)26-17-9-18(23)22(19(17)24)16-7-5-6-14(3)15(16)4/h5-7,12-13,17H,8-11H2,1-4H3. The summed E-state index contributed by atoms with van der Waals surface area (Å²) < 4.78 is 0.748. The number of benzene rings is 1. The van der Waals surface area contributed by atoms with E-state index in [1.54, 1.807) is 0 Å². The number of aryl methyl sites for hydroxylation is 1. The highest BCUT2D eigenvalue weighted by molar-refractivity contribution is 8.23. The van der Waals surface area contributed by atoms with Gasteiger partial charge in [0, 0.05) is 19.5 Å². The predicted molar refractivity (Wildman–Crippen MR) is 112 cm³/mol. The van der Waals surface area contributed by atoms with E-state index in [0.717, 1.165) is 28.5 Å². The van der Waals surface area contributed by atoms with E-state index < -0.39 is 5.25 Å². The summed E-state index contributed by atoms with van der Waals surface area (Å²) in [5.74, 6) is 0.924. The summed E-state index contributed by atoms with van der Waals surface area (Å²) in [6.45, 7) is 10.3. The second kappa shape index (κ2) is 7.69. The van der Waals surface area contributed by atoms with Crippen molar-refractivity contribution in [3.05, 3.63) is 29.3 Å². The van der Waals surface area contributed by atoms with Gasteiger partial charge in [-0.2, -0.15) is 0 Å². The summed E-state index contributed by atoms with van der Waals surface area (Å²) in [5.41, 5.74) is 2.75. The number of anilines is 1. The third-order valence-corrected chi connectivity index (χ3v) is 6.95. The summed E-state index contributed by atoms with van der Waals surface area (Å²) in [4.78, 5) is 29.0. The lowest BCUT2D eigenvalue weighted by atomic mass is 9.92. The Labute approximate surface area is 165 Å². The fraction of sp³-hybridized carbons (Fsp3) is 0.550. The average Bonchev–Trinajstić information content (AvgIpc) is 2.83. The maximum atomic E-state index is 12.9. The summed E-state index contributed by atoms with van der Waals surface area (Å²) in [6, 6.07) is 5.72. The van der Waals surface area contributed by atoms with Gasteiger partial charge in [-0.3, -0.25) is 9.59 Å². The topological polar surface area (TPSA) is 40.6 Å². The van der Waals surface area contributed by atoms with Crippen molar-refractivity contribution in [1.82, 2.24) is 4.90 Å². The molecule has 3 unspecified atom stereocenters. The predicted octanol–water partition coefficient (Wildman–Crippen LogP) is 3.93. The first kappa shape index (κ1) is 19.4. The minimum atomic E-state index is -0.414. The van der Waals surface area contributed by atoms with E-state index in [2.05, 4.69) is 18.7 Å². The molecule has 2 amide bonds. The van der Waals surface area contributed by atoms with Crippen LogP contribution in [0.5, 0.6) is 0 Å². The van der Waals surface area contributed by atoms with Crippen LogP contribution in [-0.2, 0) is 9.59 Å². The zero-order chi connectivity index (χ0) is 19.0. The minimum absolute atomic E-state index is 0.135. The highest BCUT2D eigenvalue weighted by Gasteiger charge is 2.42. The van der Waals surface area contributed by atoms with Crippen molar-refractivity contribution in [1.29, 1.82) is 0 Å². The molecule has 2 fully saturated rings. The van der Waals surface area contributed by atoms with Crippen molar-refractivity contribution in [2.75, 3.05) is 18.0 Å². The van der Waals surface area contributed by atoms with Gasteiger partial charge in [-0.15, -0.1) is 0 Å². The van der Waals surface area contributed by atoms with Crippen LogP contribution in [0.15, 0.2) is 18.2 Å². The fourth-order valence-corrected chi connectivity index (χ4v) is 5.41. The first-order valence-electron chi connectivity index (χ1n) is 9.16. The second-order valence-corrected chi connectivity index (χ2v) is 9.55. The second-order valence-electron chi connectivity index (χ2n) is 7.71. The van der Waals surface area contributed by atoms with Gasteiger partial charge in [-0.05, 0) is 49.3 Å². The molecule has 0 aromatic heterocycles. The van der Waals surface area contributed by atoms with E-state index in [9.17, 15) is 9.59 Å². The Kier molecular flexibility index (Phi) is 5.72. The lowest BCUT2D eigenvalue weighted by molar-refractivity contribution is -0.121. The molecule has 3 rings (SSSR count). The van der Waals surface area contributed by atoms with Crippen LogP contribution in [-0.4, -0.2) is 39.4 Å². The van der Waals surface area contributed by atoms with Crippen LogP contribution in [0.2, 0.25) is 0 Å². The number of thiocarbonyl (C=S) groups is 1. The van der Waals surface area contributed by atoms with Crippen molar-refractivity contribution in [2.45, 2.75) is 45.8 Å². The number of piperidine rings is 1. The van der Waals surface area contributed by atoms with Crippen LogP contribution in [0.1, 0.15) is 37.8 Å². The molecule has 140 valence electrons. The van der Waals surface area contributed by atoms with Crippen LogP contribution in [0.4, 0.5) is 5.69 Å². The van der Waals surface area contributed by atoms with Gasteiger partial charge in [0.15, 0.2) is 0 Å². The fourth-order valence-electron chi connectivity index (χ4n) is 3.94.